The van der Waals surface area contributed by atoms with Crippen LogP contribution in [0.2, 0.25) is 0 Å². The third kappa shape index (κ3) is 5.02. The number of nitrogens with one attached hydrogen (secondary N) is 2. The van der Waals surface area contributed by atoms with Crippen molar-refractivity contribution >= 4 is 22.8 Å². The molecule has 2 N–H and O–H groups in total. The molecular weight excluding hydrogens is 480 g/mol. The third-order valence-electron chi connectivity index (χ3n) is 5.40. The molecule has 1 heterocycles. The molecule has 186 valence electrons. The van der Waals surface area contributed by atoms with Crippen molar-refractivity contribution in [1.29, 1.82) is 0 Å². The first-order valence-corrected chi connectivity index (χ1v) is 10.7. The maximum atomic E-state index is 13.5. The summed E-state index contributed by atoms with van der Waals surface area (Å²) in [5, 5.41) is 5.32. The van der Waals surface area contributed by atoms with Crippen LogP contribution in [0.5, 0.6) is 5.75 Å². The molecule has 3 aromatic carbocycles. The lowest BCUT2D eigenvalue weighted by molar-refractivity contribution is -0.153. The summed E-state index contributed by atoms with van der Waals surface area (Å²) in [4.78, 5) is 25.0. The van der Waals surface area contributed by atoms with E-state index in [-0.39, 0.29) is 39.7 Å². The number of carbonyl (C=O) groups excluding carboxylic acids is 2. The summed E-state index contributed by atoms with van der Waals surface area (Å²) < 4.78 is 63.5. The highest BCUT2D eigenvalue weighted by molar-refractivity contribution is 6.12. The van der Waals surface area contributed by atoms with E-state index >= 15 is 0 Å². The Balaban J connectivity index is 1.98. The van der Waals surface area contributed by atoms with Gasteiger partial charge in [0.2, 0.25) is 0 Å². The highest BCUT2D eigenvalue weighted by Gasteiger charge is 2.30. The molecule has 0 aliphatic carbocycles. The molecule has 0 fully saturated rings. The number of hydrogen-bond donors (Lipinski definition) is 2. The minimum Gasteiger partial charge on any atom is -0.483 e. The van der Waals surface area contributed by atoms with Gasteiger partial charge in [0, 0.05) is 42.2 Å². The van der Waals surface area contributed by atoms with E-state index in [4.69, 9.17) is 9.15 Å². The van der Waals surface area contributed by atoms with Crippen molar-refractivity contribution in [2.75, 3.05) is 20.7 Å². The Morgan fingerprint density at radius 2 is 1.61 bits per heavy atom. The zero-order chi connectivity index (χ0) is 26.0. The quantitative estimate of drug-likeness (QED) is 0.340. The molecule has 0 aliphatic rings. The lowest BCUT2D eigenvalue weighted by Crippen LogP contribution is -2.19. The largest absolute Gasteiger partial charge is 0.483 e. The molecule has 0 saturated carbocycles. The van der Waals surface area contributed by atoms with E-state index in [0.717, 1.165) is 0 Å². The van der Waals surface area contributed by atoms with Gasteiger partial charge >= 0.3 is 6.18 Å². The first-order chi connectivity index (χ1) is 17.1. The summed E-state index contributed by atoms with van der Waals surface area (Å²) in [5.74, 6) is -1.43. The predicted molar refractivity (Wildman–Crippen MR) is 125 cm³/mol. The van der Waals surface area contributed by atoms with E-state index in [9.17, 15) is 27.2 Å². The molecule has 0 atom stereocenters. The smallest absolute Gasteiger partial charge is 0.422 e. The minimum absolute atomic E-state index is 0.0938. The van der Waals surface area contributed by atoms with Crippen LogP contribution in [0.4, 0.5) is 17.6 Å². The lowest BCUT2D eigenvalue weighted by atomic mass is 9.98. The SMILES string of the molecule is CNC(=O)c1cccc(-c2cc3c(C(=O)NC)c(-c4ccc(F)cc4)oc3cc2OCC(F)(F)F)c1. The summed E-state index contributed by atoms with van der Waals surface area (Å²) >= 11 is 0. The number of fused-ring (bicyclic) bond motifs is 1. The second-order valence-corrected chi connectivity index (χ2v) is 7.80. The third-order valence-corrected chi connectivity index (χ3v) is 5.40. The number of benzene rings is 3. The number of alkyl halides is 3. The molecule has 6 nitrogen and oxygen atoms in total. The molecule has 2 amide bonds. The fourth-order valence-corrected chi connectivity index (χ4v) is 3.76. The Hall–Kier alpha value is -4.34. The second kappa shape index (κ2) is 9.73. The van der Waals surface area contributed by atoms with E-state index in [1.54, 1.807) is 18.2 Å². The molecule has 0 radical (unpaired) electrons. The van der Waals surface area contributed by atoms with Gasteiger partial charge in [-0.05, 0) is 48.0 Å². The zero-order valence-corrected chi connectivity index (χ0v) is 19.1. The Kier molecular flexibility index (Phi) is 6.69. The van der Waals surface area contributed by atoms with Crippen molar-refractivity contribution in [2.45, 2.75) is 6.18 Å². The van der Waals surface area contributed by atoms with Crippen LogP contribution in [-0.4, -0.2) is 38.7 Å². The van der Waals surface area contributed by atoms with Crippen molar-refractivity contribution < 1.29 is 36.3 Å². The summed E-state index contributed by atoms with van der Waals surface area (Å²) in [7, 11) is 2.88. The number of rotatable bonds is 6. The van der Waals surface area contributed by atoms with Crippen LogP contribution in [0.15, 0.2) is 65.1 Å². The van der Waals surface area contributed by atoms with Gasteiger partial charge in [0.25, 0.3) is 11.8 Å². The lowest BCUT2D eigenvalue weighted by Gasteiger charge is -2.14. The monoisotopic (exact) mass is 500 g/mol. The van der Waals surface area contributed by atoms with Gasteiger partial charge in [-0.3, -0.25) is 9.59 Å². The van der Waals surface area contributed by atoms with Gasteiger partial charge in [-0.1, -0.05) is 12.1 Å². The van der Waals surface area contributed by atoms with Gasteiger partial charge in [0.05, 0.1) is 5.56 Å². The maximum Gasteiger partial charge on any atom is 0.422 e. The molecule has 4 rings (SSSR count). The molecule has 0 saturated heterocycles. The van der Waals surface area contributed by atoms with Crippen molar-refractivity contribution in [3.8, 4) is 28.2 Å². The molecule has 0 aliphatic heterocycles. The number of carbonyl (C=O) groups is 2. The standard InChI is InChI=1S/C26H20F4N2O4/c1-31-24(33)16-5-3-4-15(10-16)18-11-19-21(12-20(18)35-13-26(28,29)30)36-23(22(19)25(34)32-2)14-6-8-17(27)9-7-14/h3-12H,13H2,1-2H3,(H,31,33)(H,32,34). The fraction of sp³-hybridized carbons (Fsp3) is 0.154. The molecule has 0 bridgehead atoms. The number of ether oxygens (including phenoxy) is 1. The van der Waals surface area contributed by atoms with Gasteiger partial charge in [-0.2, -0.15) is 13.2 Å². The van der Waals surface area contributed by atoms with Crippen LogP contribution in [0.1, 0.15) is 20.7 Å². The molecular formula is C26H20F4N2O4. The maximum absolute atomic E-state index is 13.5. The zero-order valence-electron chi connectivity index (χ0n) is 19.1. The van der Waals surface area contributed by atoms with Gasteiger partial charge in [0.1, 0.15) is 22.9 Å². The number of furan rings is 1. The van der Waals surface area contributed by atoms with E-state index in [0.29, 0.717) is 16.5 Å². The molecule has 0 unspecified atom stereocenters. The Morgan fingerprint density at radius 3 is 2.25 bits per heavy atom. The van der Waals surface area contributed by atoms with Gasteiger partial charge in [-0.25, -0.2) is 4.39 Å². The van der Waals surface area contributed by atoms with E-state index < -0.39 is 24.5 Å². The van der Waals surface area contributed by atoms with Crippen LogP contribution in [-0.2, 0) is 0 Å². The van der Waals surface area contributed by atoms with Crippen molar-refractivity contribution in [3.63, 3.8) is 0 Å². The first-order valence-electron chi connectivity index (χ1n) is 10.7. The van der Waals surface area contributed by atoms with Gasteiger partial charge in [0.15, 0.2) is 6.61 Å². The topological polar surface area (TPSA) is 80.6 Å². The molecule has 1 aromatic heterocycles. The molecule has 4 aromatic rings. The molecule has 36 heavy (non-hydrogen) atoms. The summed E-state index contributed by atoms with van der Waals surface area (Å²) in [6.07, 6.45) is -4.61. The number of hydrogen-bond acceptors (Lipinski definition) is 4. The van der Waals surface area contributed by atoms with Crippen LogP contribution in [0.25, 0.3) is 33.4 Å². The summed E-state index contributed by atoms with van der Waals surface area (Å²) in [5.41, 5.74) is 1.49. The second-order valence-electron chi connectivity index (χ2n) is 7.80. The molecule has 10 heteroatoms. The minimum atomic E-state index is -4.61. The highest BCUT2D eigenvalue weighted by atomic mass is 19.4. The average Bonchev–Trinajstić information content (AvgIpc) is 3.24. The van der Waals surface area contributed by atoms with Gasteiger partial charge < -0.3 is 19.8 Å². The normalized spacial score (nSPS) is 11.4. The molecule has 0 spiro atoms. The predicted octanol–water partition coefficient (Wildman–Crippen LogP) is 5.57. The van der Waals surface area contributed by atoms with Crippen molar-refractivity contribution in [3.05, 3.63) is 77.6 Å². The average molecular weight is 500 g/mol. The van der Waals surface area contributed by atoms with E-state index in [1.165, 1.54) is 56.6 Å². The van der Waals surface area contributed by atoms with Crippen LogP contribution < -0.4 is 15.4 Å². The number of amides is 2. The van der Waals surface area contributed by atoms with Crippen molar-refractivity contribution in [1.82, 2.24) is 10.6 Å². The summed E-state index contributed by atoms with van der Waals surface area (Å²) in [6, 6.07) is 14.2. The van der Waals surface area contributed by atoms with Crippen LogP contribution in [0.3, 0.4) is 0 Å². The Bertz CT molecular complexity index is 1440. The first kappa shape index (κ1) is 24.8. The van der Waals surface area contributed by atoms with Crippen LogP contribution >= 0.6 is 0 Å². The van der Waals surface area contributed by atoms with E-state index in [1.807, 2.05) is 0 Å². The van der Waals surface area contributed by atoms with Crippen molar-refractivity contribution in [2.24, 2.45) is 0 Å². The Morgan fingerprint density at radius 1 is 0.917 bits per heavy atom. The summed E-state index contributed by atoms with van der Waals surface area (Å²) in [6.45, 7) is -1.56. The Labute approximate surface area is 202 Å². The van der Waals surface area contributed by atoms with E-state index in [2.05, 4.69) is 10.6 Å². The fourth-order valence-electron chi connectivity index (χ4n) is 3.76. The highest BCUT2D eigenvalue weighted by Crippen LogP contribution is 2.41. The number of halogens is 4. The van der Waals surface area contributed by atoms with Crippen LogP contribution in [0, 0.1) is 5.82 Å². The van der Waals surface area contributed by atoms with Gasteiger partial charge in [-0.15, -0.1) is 0 Å².